The summed E-state index contributed by atoms with van der Waals surface area (Å²) in [4.78, 5) is 1.22. The molecule has 2 aromatic rings. The van der Waals surface area contributed by atoms with Gasteiger partial charge in [0.25, 0.3) is 0 Å². The first-order valence-electron chi connectivity index (χ1n) is 5.84. The summed E-state index contributed by atoms with van der Waals surface area (Å²) >= 11 is 1.52. The summed E-state index contributed by atoms with van der Waals surface area (Å²) in [6, 6.07) is 7.64. The fourth-order valence-electron chi connectivity index (χ4n) is 2.01. The lowest BCUT2D eigenvalue weighted by atomic mass is 10.1. The molecule has 0 bridgehead atoms. The van der Waals surface area contributed by atoms with Gasteiger partial charge >= 0.3 is 6.18 Å². The van der Waals surface area contributed by atoms with Crippen LogP contribution in [0.25, 0.3) is 10.1 Å². The second-order valence-electron chi connectivity index (χ2n) is 4.31. The molecule has 2 nitrogen and oxygen atoms in total. The molecule has 0 unspecified atom stereocenters. The molecule has 0 atom stereocenters. The molecule has 1 N–H and O–H groups in total. The molecule has 0 aliphatic rings. The number of aliphatic hydroxyl groups is 1. The molecule has 0 saturated carbocycles. The summed E-state index contributed by atoms with van der Waals surface area (Å²) in [5.41, 5.74) is 0.873. The minimum atomic E-state index is -4.25. The summed E-state index contributed by atoms with van der Waals surface area (Å²) in [7, 11) is 0. The quantitative estimate of drug-likeness (QED) is 0.913. The van der Waals surface area contributed by atoms with Gasteiger partial charge in [-0.15, -0.1) is 11.3 Å². The smallest absolute Gasteiger partial charge is 0.395 e. The van der Waals surface area contributed by atoms with E-state index in [2.05, 4.69) is 0 Å². The number of rotatable bonds is 5. The van der Waals surface area contributed by atoms with Crippen LogP contribution in [-0.4, -0.2) is 35.9 Å². The lowest BCUT2D eigenvalue weighted by Gasteiger charge is -2.22. The second kappa shape index (κ2) is 5.90. The third-order valence-electron chi connectivity index (χ3n) is 2.77. The Morgan fingerprint density at radius 1 is 1.21 bits per heavy atom. The van der Waals surface area contributed by atoms with E-state index in [0.717, 1.165) is 15.6 Å². The van der Waals surface area contributed by atoms with Crippen LogP contribution in [-0.2, 0) is 6.54 Å². The Kier molecular flexibility index (Phi) is 4.44. The predicted molar refractivity (Wildman–Crippen MR) is 70.2 cm³/mol. The summed E-state index contributed by atoms with van der Waals surface area (Å²) < 4.78 is 38.4. The lowest BCUT2D eigenvalue weighted by Crippen LogP contribution is -2.35. The van der Waals surface area contributed by atoms with Crippen LogP contribution in [0.15, 0.2) is 29.6 Å². The van der Waals surface area contributed by atoms with Gasteiger partial charge in [0.1, 0.15) is 0 Å². The SMILES string of the molecule is OCCN(Cc1csc2ccccc12)CC(F)(F)F. The Labute approximate surface area is 113 Å². The topological polar surface area (TPSA) is 23.5 Å². The van der Waals surface area contributed by atoms with Crippen molar-refractivity contribution < 1.29 is 18.3 Å². The molecule has 19 heavy (non-hydrogen) atoms. The Balaban J connectivity index is 2.16. The van der Waals surface area contributed by atoms with Crippen molar-refractivity contribution in [1.82, 2.24) is 4.90 Å². The molecular weight excluding hydrogens is 275 g/mol. The summed E-state index contributed by atoms with van der Waals surface area (Å²) in [6.07, 6.45) is -4.25. The zero-order valence-electron chi connectivity index (χ0n) is 10.2. The molecule has 1 heterocycles. The van der Waals surface area contributed by atoms with Gasteiger partial charge in [-0.25, -0.2) is 0 Å². The van der Waals surface area contributed by atoms with Crippen molar-refractivity contribution in [3.63, 3.8) is 0 Å². The van der Waals surface area contributed by atoms with Crippen LogP contribution < -0.4 is 0 Å². The summed E-state index contributed by atoms with van der Waals surface area (Å²) in [5.74, 6) is 0. The van der Waals surface area contributed by atoms with Crippen molar-refractivity contribution in [1.29, 1.82) is 0 Å². The van der Waals surface area contributed by atoms with Crippen LogP contribution in [0.5, 0.6) is 0 Å². The van der Waals surface area contributed by atoms with Crippen molar-refractivity contribution in [2.75, 3.05) is 19.7 Å². The van der Waals surface area contributed by atoms with E-state index in [-0.39, 0.29) is 19.7 Å². The maximum absolute atomic E-state index is 12.5. The average Bonchev–Trinajstić information content (AvgIpc) is 2.71. The van der Waals surface area contributed by atoms with Crippen LogP contribution in [0.1, 0.15) is 5.56 Å². The second-order valence-corrected chi connectivity index (χ2v) is 5.22. The zero-order valence-corrected chi connectivity index (χ0v) is 11.0. The van der Waals surface area contributed by atoms with Crippen molar-refractivity contribution in [2.24, 2.45) is 0 Å². The Morgan fingerprint density at radius 3 is 2.63 bits per heavy atom. The normalized spacial score (nSPS) is 12.5. The number of hydrogen-bond acceptors (Lipinski definition) is 3. The highest BCUT2D eigenvalue weighted by molar-refractivity contribution is 7.17. The third-order valence-corrected chi connectivity index (χ3v) is 3.79. The molecule has 0 amide bonds. The average molecular weight is 289 g/mol. The molecular formula is C13H14F3NOS. The van der Waals surface area contributed by atoms with Gasteiger partial charge in [-0.2, -0.15) is 13.2 Å². The molecule has 0 fully saturated rings. The van der Waals surface area contributed by atoms with Crippen molar-refractivity contribution in [3.8, 4) is 0 Å². The van der Waals surface area contributed by atoms with Gasteiger partial charge in [-0.05, 0) is 22.4 Å². The fourth-order valence-corrected chi connectivity index (χ4v) is 2.96. The molecule has 2 rings (SSSR count). The molecule has 104 valence electrons. The first-order chi connectivity index (χ1) is 8.99. The minimum absolute atomic E-state index is 0.0175. The largest absolute Gasteiger partial charge is 0.401 e. The number of nitrogens with zero attached hydrogens (tertiary/aromatic N) is 1. The first kappa shape index (κ1) is 14.3. The molecule has 1 aromatic heterocycles. The molecule has 0 saturated heterocycles. The van der Waals surface area contributed by atoms with Gasteiger partial charge in [0, 0.05) is 17.8 Å². The molecule has 0 aliphatic carbocycles. The summed E-state index contributed by atoms with van der Waals surface area (Å²) in [5, 5.41) is 11.7. The van der Waals surface area contributed by atoms with Crippen LogP contribution >= 0.6 is 11.3 Å². The third kappa shape index (κ3) is 3.92. The monoisotopic (exact) mass is 289 g/mol. The van der Waals surface area contributed by atoms with Gasteiger partial charge < -0.3 is 5.11 Å². The number of hydrogen-bond donors (Lipinski definition) is 1. The van der Waals surface area contributed by atoms with E-state index in [1.54, 1.807) is 0 Å². The van der Waals surface area contributed by atoms with E-state index in [4.69, 9.17) is 5.11 Å². The summed E-state index contributed by atoms with van der Waals surface area (Å²) in [6.45, 7) is -1.07. The fraction of sp³-hybridized carbons (Fsp3) is 0.385. The number of benzene rings is 1. The molecule has 0 spiro atoms. The standard InChI is InChI=1S/C13H14F3NOS/c14-13(15,16)9-17(5-6-18)7-10-8-19-12-4-2-1-3-11(10)12/h1-4,8,18H,5-7,9H2. The molecule has 0 aliphatic heterocycles. The van der Waals surface area contributed by atoms with E-state index >= 15 is 0 Å². The van der Waals surface area contributed by atoms with Crippen LogP contribution in [0.2, 0.25) is 0 Å². The van der Waals surface area contributed by atoms with E-state index in [1.165, 1.54) is 16.2 Å². The number of thiophene rings is 1. The molecule has 1 aromatic carbocycles. The highest BCUT2D eigenvalue weighted by Gasteiger charge is 2.30. The van der Waals surface area contributed by atoms with E-state index in [0.29, 0.717) is 0 Å². The maximum atomic E-state index is 12.5. The van der Waals surface area contributed by atoms with Gasteiger partial charge in [-0.1, -0.05) is 18.2 Å². The Hall–Kier alpha value is -1.11. The van der Waals surface area contributed by atoms with E-state index < -0.39 is 12.7 Å². The van der Waals surface area contributed by atoms with Gasteiger partial charge in [0.15, 0.2) is 0 Å². The number of alkyl halides is 3. The van der Waals surface area contributed by atoms with Crippen LogP contribution in [0, 0.1) is 0 Å². The van der Waals surface area contributed by atoms with Crippen molar-refractivity contribution in [2.45, 2.75) is 12.7 Å². The minimum Gasteiger partial charge on any atom is -0.395 e. The number of fused-ring (bicyclic) bond motifs is 1. The molecule has 0 radical (unpaired) electrons. The van der Waals surface area contributed by atoms with Crippen molar-refractivity contribution >= 4 is 21.4 Å². The highest BCUT2D eigenvalue weighted by Crippen LogP contribution is 2.27. The number of halogens is 3. The zero-order chi connectivity index (χ0) is 13.9. The Bertz CT molecular complexity index is 538. The number of aliphatic hydroxyl groups excluding tert-OH is 1. The molecule has 6 heteroatoms. The Morgan fingerprint density at radius 2 is 1.95 bits per heavy atom. The van der Waals surface area contributed by atoms with Crippen molar-refractivity contribution in [3.05, 3.63) is 35.2 Å². The van der Waals surface area contributed by atoms with Crippen LogP contribution in [0.4, 0.5) is 13.2 Å². The van der Waals surface area contributed by atoms with Gasteiger partial charge in [-0.3, -0.25) is 4.90 Å². The highest BCUT2D eigenvalue weighted by atomic mass is 32.1. The maximum Gasteiger partial charge on any atom is 0.401 e. The predicted octanol–water partition coefficient (Wildman–Crippen LogP) is 3.26. The first-order valence-corrected chi connectivity index (χ1v) is 6.72. The van der Waals surface area contributed by atoms with Crippen LogP contribution in [0.3, 0.4) is 0 Å². The van der Waals surface area contributed by atoms with E-state index in [9.17, 15) is 13.2 Å². The van der Waals surface area contributed by atoms with E-state index in [1.807, 2.05) is 29.6 Å². The van der Waals surface area contributed by atoms with Gasteiger partial charge in [0.05, 0.1) is 13.2 Å². The van der Waals surface area contributed by atoms with Gasteiger partial charge in [0.2, 0.25) is 0 Å². The lowest BCUT2D eigenvalue weighted by molar-refractivity contribution is -0.147.